The second kappa shape index (κ2) is 7.13. The summed E-state index contributed by atoms with van der Waals surface area (Å²) < 4.78 is 4.86. The molecular weight excluding hydrogens is 272 g/mol. The van der Waals surface area contributed by atoms with Crippen molar-refractivity contribution in [2.24, 2.45) is 5.92 Å². The fraction of sp³-hybridized carbons (Fsp3) is 0.583. The molecule has 0 aliphatic heterocycles. The fourth-order valence-corrected chi connectivity index (χ4v) is 1.73. The number of carbonyl (C=O) groups is 2. The van der Waals surface area contributed by atoms with Gasteiger partial charge in [-0.05, 0) is 5.92 Å². The summed E-state index contributed by atoms with van der Waals surface area (Å²) in [5.41, 5.74) is 0. The number of hydrogen-bond donors (Lipinski definition) is 2. The molecule has 0 aromatic carbocycles. The first-order chi connectivity index (χ1) is 8.93. The lowest BCUT2D eigenvalue weighted by Gasteiger charge is -2.19. The number of hydrogen-bond acceptors (Lipinski definition) is 4. The molecular formula is C12H17ClN2O4. The zero-order chi connectivity index (χ0) is 14.4. The zero-order valence-corrected chi connectivity index (χ0v) is 11.6. The molecule has 7 heteroatoms. The molecule has 0 saturated heterocycles. The van der Waals surface area contributed by atoms with Crippen LogP contribution in [0.25, 0.3) is 0 Å². The lowest BCUT2D eigenvalue weighted by molar-refractivity contribution is -0.143. The number of nitrogens with one attached hydrogen (secondary N) is 1. The number of carboxylic acids is 1. The van der Waals surface area contributed by atoms with Gasteiger partial charge in [0.1, 0.15) is 11.8 Å². The van der Waals surface area contributed by atoms with Crippen LogP contribution in [0.1, 0.15) is 32.4 Å². The molecule has 1 amide bonds. The van der Waals surface area contributed by atoms with E-state index in [1.54, 1.807) is 6.92 Å². The summed E-state index contributed by atoms with van der Waals surface area (Å²) in [6, 6.07) is 0.661. The summed E-state index contributed by atoms with van der Waals surface area (Å²) in [6.07, 6.45) is 1.14. The van der Waals surface area contributed by atoms with Crippen molar-refractivity contribution >= 4 is 23.5 Å². The van der Waals surface area contributed by atoms with Crippen molar-refractivity contribution in [3.8, 4) is 0 Å². The lowest BCUT2D eigenvalue weighted by Crippen LogP contribution is -2.45. The molecule has 1 aromatic heterocycles. The normalized spacial score (nSPS) is 13.8. The van der Waals surface area contributed by atoms with Crippen LogP contribution in [0.5, 0.6) is 0 Å². The zero-order valence-electron chi connectivity index (χ0n) is 10.9. The Morgan fingerprint density at radius 2 is 2.26 bits per heavy atom. The smallest absolute Gasteiger partial charge is 0.326 e. The van der Waals surface area contributed by atoms with Crippen LogP contribution >= 0.6 is 11.6 Å². The van der Waals surface area contributed by atoms with E-state index in [1.807, 2.05) is 6.92 Å². The van der Waals surface area contributed by atoms with Gasteiger partial charge in [-0.25, -0.2) is 4.79 Å². The van der Waals surface area contributed by atoms with E-state index in [1.165, 1.54) is 6.07 Å². The standard InChI is InChI=1S/C12H17ClN2O4/c1-3-7(2)11(12(17)18)14-10(16)5-4-8-6-9(13)15-19-8/h6-7,11H,3-5H2,1-2H3,(H,14,16)(H,17,18). The summed E-state index contributed by atoms with van der Waals surface area (Å²) in [5.74, 6) is -0.984. The highest BCUT2D eigenvalue weighted by atomic mass is 35.5. The number of nitrogens with zero attached hydrogens (tertiary/aromatic N) is 1. The first-order valence-electron chi connectivity index (χ1n) is 6.07. The summed E-state index contributed by atoms with van der Waals surface area (Å²) in [4.78, 5) is 22.7. The third-order valence-corrected chi connectivity index (χ3v) is 3.10. The maximum Gasteiger partial charge on any atom is 0.326 e. The Kier molecular flexibility index (Phi) is 5.82. The molecule has 2 N–H and O–H groups in total. The molecule has 0 aliphatic carbocycles. The Hall–Kier alpha value is -1.56. The van der Waals surface area contributed by atoms with Crippen molar-refractivity contribution in [1.29, 1.82) is 0 Å². The van der Waals surface area contributed by atoms with Crippen LogP contribution in [0.4, 0.5) is 0 Å². The van der Waals surface area contributed by atoms with Gasteiger partial charge in [-0.2, -0.15) is 0 Å². The molecule has 0 saturated carbocycles. The SMILES string of the molecule is CCC(C)C(NC(=O)CCc1cc(Cl)no1)C(=O)O. The number of aromatic nitrogens is 1. The van der Waals surface area contributed by atoms with E-state index in [9.17, 15) is 9.59 Å². The van der Waals surface area contributed by atoms with Gasteiger partial charge in [0.2, 0.25) is 5.91 Å². The van der Waals surface area contributed by atoms with Crippen LogP contribution in [0.15, 0.2) is 10.6 Å². The molecule has 1 heterocycles. The summed E-state index contributed by atoms with van der Waals surface area (Å²) >= 11 is 5.58. The maximum absolute atomic E-state index is 11.7. The number of carboxylic acid groups (broad SMARTS) is 1. The second-order valence-corrected chi connectivity index (χ2v) is 4.77. The lowest BCUT2D eigenvalue weighted by atomic mass is 9.99. The quantitative estimate of drug-likeness (QED) is 0.799. The first-order valence-corrected chi connectivity index (χ1v) is 6.45. The molecule has 6 nitrogen and oxygen atoms in total. The topological polar surface area (TPSA) is 92.4 Å². The molecule has 1 aromatic rings. The fourth-order valence-electron chi connectivity index (χ4n) is 1.57. The van der Waals surface area contributed by atoms with Gasteiger partial charge in [0.05, 0.1) is 0 Å². The molecule has 0 spiro atoms. The van der Waals surface area contributed by atoms with Crippen LogP contribution in [0, 0.1) is 5.92 Å². The Morgan fingerprint density at radius 1 is 1.58 bits per heavy atom. The number of carbonyl (C=O) groups excluding carboxylic acids is 1. The van der Waals surface area contributed by atoms with Crippen LogP contribution in [0.2, 0.25) is 5.15 Å². The molecule has 1 rings (SSSR count). The average molecular weight is 289 g/mol. The monoisotopic (exact) mass is 288 g/mol. The summed E-state index contributed by atoms with van der Waals surface area (Å²) in [5, 5.41) is 15.3. The number of aryl methyl sites for hydroxylation is 1. The van der Waals surface area contributed by atoms with Gasteiger partial charge >= 0.3 is 5.97 Å². The molecule has 0 bridgehead atoms. The molecule has 0 fully saturated rings. The van der Waals surface area contributed by atoms with Crippen molar-refractivity contribution in [1.82, 2.24) is 10.5 Å². The number of aliphatic carboxylic acids is 1. The van der Waals surface area contributed by atoms with Crippen molar-refractivity contribution in [2.45, 2.75) is 39.2 Å². The van der Waals surface area contributed by atoms with Crippen LogP contribution in [0.3, 0.4) is 0 Å². The van der Waals surface area contributed by atoms with Crippen molar-refractivity contribution in [2.75, 3.05) is 0 Å². The first kappa shape index (κ1) is 15.5. The molecule has 106 valence electrons. The number of rotatable bonds is 7. The Labute approximate surface area is 116 Å². The molecule has 0 radical (unpaired) electrons. The van der Waals surface area contributed by atoms with E-state index in [0.717, 1.165) is 0 Å². The third-order valence-electron chi connectivity index (χ3n) is 2.92. The minimum Gasteiger partial charge on any atom is -0.480 e. The average Bonchev–Trinajstić information content (AvgIpc) is 2.78. The highest BCUT2D eigenvalue weighted by Gasteiger charge is 2.25. The highest BCUT2D eigenvalue weighted by molar-refractivity contribution is 6.29. The summed E-state index contributed by atoms with van der Waals surface area (Å²) in [6.45, 7) is 3.67. The van der Waals surface area contributed by atoms with E-state index in [2.05, 4.69) is 10.5 Å². The van der Waals surface area contributed by atoms with Crippen molar-refractivity contribution in [3.63, 3.8) is 0 Å². The Bertz CT molecular complexity index is 447. The van der Waals surface area contributed by atoms with Gasteiger partial charge < -0.3 is 14.9 Å². The number of halogens is 1. The van der Waals surface area contributed by atoms with Gasteiger partial charge in [0.15, 0.2) is 5.15 Å². The van der Waals surface area contributed by atoms with E-state index >= 15 is 0 Å². The van der Waals surface area contributed by atoms with Crippen LogP contribution in [-0.4, -0.2) is 28.2 Å². The molecule has 2 unspecified atom stereocenters. The third kappa shape index (κ3) is 4.90. The van der Waals surface area contributed by atoms with Crippen molar-refractivity contribution < 1.29 is 19.2 Å². The van der Waals surface area contributed by atoms with Gasteiger partial charge in [0.25, 0.3) is 0 Å². The molecule has 19 heavy (non-hydrogen) atoms. The molecule has 0 aliphatic rings. The highest BCUT2D eigenvalue weighted by Crippen LogP contribution is 2.11. The van der Waals surface area contributed by atoms with Crippen molar-refractivity contribution in [3.05, 3.63) is 17.0 Å². The van der Waals surface area contributed by atoms with Gasteiger partial charge in [0, 0.05) is 18.9 Å². The predicted molar refractivity (Wildman–Crippen MR) is 68.9 cm³/mol. The van der Waals surface area contributed by atoms with E-state index in [-0.39, 0.29) is 23.4 Å². The van der Waals surface area contributed by atoms with Crippen LogP contribution in [-0.2, 0) is 16.0 Å². The Morgan fingerprint density at radius 3 is 2.74 bits per heavy atom. The Balaban J connectivity index is 2.46. The largest absolute Gasteiger partial charge is 0.480 e. The minimum atomic E-state index is -1.02. The minimum absolute atomic E-state index is 0.124. The van der Waals surface area contributed by atoms with Gasteiger partial charge in [-0.15, -0.1) is 0 Å². The molecule has 2 atom stereocenters. The summed E-state index contributed by atoms with van der Waals surface area (Å²) in [7, 11) is 0. The van der Waals surface area contributed by atoms with Crippen LogP contribution < -0.4 is 5.32 Å². The van der Waals surface area contributed by atoms with E-state index in [4.69, 9.17) is 21.2 Å². The van der Waals surface area contributed by atoms with Gasteiger partial charge in [-0.3, -0.25) is 4.79 Å². The number of amides is 1. The van der Waals surface area contributed by atoms with E-state index in [0.29, 0.717) is 18.6 Å². The van der Waals surface area contributed by atoms with Gasteiger partial charge in [-0.1, -0.05) is 37.0 Å². The second-order valence-electron chi connectivity index (χ2n) is 4.38. The predicted octanol–water partition coefficient (Wildman–Crippen LogP) is 1.88. The van der Waals surface area contributed by atoms with E-state index < -0.39 is 12.0 Å². The maximum atomic E-state index is 11.7.